The molecule has 130 valence electrons. The zero-order valence-electron chi connectivity index (χ0n) is 13.4. The Morgan fingerprint density at radius 3 is 2.52 bits per heavy atom. The maximum atomic E-state index is 12.2. The van der Waals surface area contributed by atoms with E-state index in [1.807, 2.05) is 0 Å². The molecule has 1 amide bonds. The second-order valence-corrected chi connectivity index (χ2v) is 5.36. The van der Waals surface area contributed by atoms with Gasteiger partial charge in [-0.3, -0.25) is 14.9 Å². The second kappa shape index (κ2) is 7.08. The Morgan fingerprint density at radius 2 is 1.84 bits per heavy atom. The van der Waals surface area contributed by atoms with Crippen LogP contribution in [0.4, 0.5) is 11.4 Å². The molecule has 0 aliphatic carbocycles. The number of amides is 1. The van der Waals surface area contributed by atoms with Crippen LogP contribution in [0.25, 0.3) is 0 Å². The van der Waals surface area contributed by atoms with Gasteiger partial charge in [-0.1, -0.05) is 0 Å². The number of fused-ring (bicyclic) bond motifs is 1. The third kappa shape index (κ3) is 3.97. The average Bonchev–Trinajstić information content (AvgIpc) is 2.62. The number of non-ortho nitro benzene ring substituents is 1. The highest BCUT2D eigenvalue weighted by atomic mass is 16.6. The van der Waals surface area contributed by atoms with Crippen LogP contribution in [0.3, 0.4) is 0 Å². The molecule has 1 N–H and O–H groups in total. The van der Waals surface area contributed by atoms with Crippen LogP contribution in [0.15, 0.2) is 42.5 Å². The van der Waals surface area contributed by atoms with Crippen molar-refractivity contribution in [1.29, 1.82) is 0 Å². The molecule has 0 spiro atoms. The van der Waals surface area contributed by atoms with Gasteiger partial charge in [-0.05, 0) is 31.2 Å². The van der Waals surface area contributed by atoms with E-state index in [2.05, 4.69) is 5.32 Å². The lowest BCUT2D eigenvalue weighted by Crippen LogP contribution is -2.30. The summed E-state index contributed by atoms with van der Waals surface area (Å²) in [7, 11) is 0. The lowest BCUT2D eigenvalue weighted by atomic mass is 10.2. The van der Waals surface area contributed by atoms with Gasteiger partial charge >= 0.3 is 0 Å². The van der Waals surface area contributed by atoms with Gasteiger partial charge in [-0.2, -0.15) is 0 Å². The van der Waals surface area contributed by atoms with Crippen LogP contribution in [0, 0.1) is 10.1 Å². The van der Waals surface area contributed by atoms with E-state index in [1.54, 1.807) is 25.1 Å². The van der Waals surface area contributed by atoms with Gasteiger partial charge in [-0.25, -0.2) is 0 Å². The summed E-state index contributed by atoms with van der Waals surface area (Å²) in [5, 5.41) is 13.4. The maximum Gasteiger partial charge on any atom is 0.269 e. The fraction of sp³-hybridized carbons (Fsp3) is 0.235. The minimum Gasteiger partial charge on any atom is -0.486 e. The molecule has 0 radical (unpaired) electrons. The van der Waals surface area contributed by atoms with Crippen molar-refractivity contribution >= 4 is 17.3 Å². The third-order valence-corrected chi connectivity index (χ3v) is 3.54. The number of nitrogens with one attached hydrogen (secondary N) is 1. The van der Waals surface area contributed by atoms with Crippen molar-refractivity contribution in [2.45, 2.75) is 13.0 Å². The van der Waals surface area contributed by atoms with Crippen LogP contribution in [0.2, 0.25) is 0 Å². The molecule has 0 saturated heterocycles. The summed E-state index contributed by atoms with van der Waals surface area (Å²) in [6.07, 6.45) is -0.783. The molecule has 1 heterocycles. The molecule has 25 heavy (non-hydrogen) atoms. The summed E-state index contributed by atoms with van der Waals surface area (Å²) >= 11 is 0. The van der Waals surface area contributed by atoms with Gasteiger partial charge in [0.05, 0.1) is 4.92 Å². The predicted molar refractivity (Wildman–Crippen MR) is 89.2 cm³/mol. The van der Waals surface area contributed by atoms with E-state index in [0.29, 0.717) is 36.1 Å². The molecule has 1 aliphatic rings. The summed E-state index contributed by atoms with van der Waals surface area (Å²) in [5.41, 5.74) is 0.522. The van der Waals surface area contributed by atoms with E-state index in [-0.39, 0.29) is 11.6 Å². The van der Waals surface area contributed by atoms with Gasteiger partial charge < -0.3 is 19.5 Å². The molecule has 2 aromatic carbocycles. The first-order chi connectivity index (χ1) is 12.0. The predicted octanol–water partition coefficient (Wildman–Crippen LogP) is 2.77. The minimum atomic E-state index is -0.783. The quantitative estimate of drug-likeness (QED) is 0.661. The number of nitro benzene ring substituents is 1. The maximum absolute atomic E-state index is 12.2. The summed E-state index contributed by atoms with van der Waals surface area (Å²) in [4.78, 5) is 22.4. The van der Waals surface area contributed by atoms with Crippen molar-refractivity contribution in [2.24, 2.45) is 0 Å². The number of ether oxygens (including phenoxy) is 3. The molecular formula is C17H16N2O6. The van der Waals surface area contributed by atoms with Gasteiger partial charge in [0, 0.05) is 23.9 Å². The van der Waals surface area contributed by atoms with E-state index in [9.17, 15) is 14.9 Å². The summed E-state index contributed by atoms with van der Waals surface area (Å²) in [6, 6.07) is 10.7. The second-order valence-electron chi connectivity index (χ2n) is 5.36. The summed E-state index contributed by atoms with van der Waals surface area (Å²) in [5.74, 6) is 1.23. The monoisotopic (exact) mass is 344 g/mol. The average molecular weight is 344 g/mol. The van der Waals surface area contributed by atoms with Crippen molar-refractivity contribution in [1.82, 2.24) is 0 Å². The number of benzene rings is 2. The summed E-state index contributed by atoms with van der Waals surface area (Å²) < 4.78 is 16.4. The molecule has 0 aromatic heterocycles. The molecule has 0 unspecified atom stereocenters. The van der Waals surface area contributed by atoms with Crippen LogP contribution in [0.5, 0.6) is 17.2 Å². The summed E-state index contributed by atoms with van der Waals surface area (Å²) in [6.45, 7) is 2.55. The Hall–Kier alpha value is -3.29. The molecule has 1 aliphatic heterocycles. The Labute approximate surface area is 143 Å². The van der Waals surface area contributed by atoms with Crippen LogP contribution in [0.1, 0.15) is 6.92 Å². The largest absolute Gasteiger partial charge is 0.486 e. The number of carbonyl (C=O) groups is 1. The molecular weight excluding hydrogens is 328 g/mol. The van der Waals surface area contributed by atoms with Crippen molar-refractivity contribution in [3.8, 4) is 17.2 Å². The van der Waals surface area contributed by atoms with Gasteiger partial charge in [0.25, 0.3) is 11.6 Å². The first kappa shape index (κ1) is 16.6. The van der Waals surface area contributed by atoms with E-state index in [0.717, 1.165) is 0 Å². The van der Waals surface area contributed by atoms with E-state index in [1.165, 1.54) is 24.3 Å². The number of carbonyl (C=O) groups excluding carboxylic acids is 1. The molecule has 1 atom stereocenters. The SMILES string of the molecule is C[C@@H](Oc1ccc([N+](=O)[O-])cc1)C(=O)Nc1ccc2c(c1)OCCO2. The normalized spacial score (nSPS) is 13.6. The molecule has 8 heteroatoms. The van der Waals surface area contributed by atoms with Crippen LogP contribution in [-0.2, 0) is 4.79 Å². The molecule has 0 bridgehead atoms. The van der Waals surface area contributed by atoms with Crippen molar-refractivity contribution in [3.05, 3.63) is 52.6 Å². The highest BCUT2D eigenvalue weighted by Gasteiger charge is 2.17. The van der Waals surface area contributed by atoms with E-state index < -0.39 is 11.0 Å². The zero-order valence-corrected chi connectivity index (χ0v) is 13.4. The van der Waals surface area contributed by atoms with E-state index >= 15 is 0 Å². The van der Waals surface area contributed by atoms with Crippen LogP contribution >= 0.6 is 0 Å². The van der Waals surface area contributed by atoms with Gasteiger partial charge in [0.15, 0.2) is 17.6 Å². The van der Waals surface area contributed by atoms with Crippen molar-refractivity contribution < 1.29 is 23.9 Å². The highest BCUT2D eigenvalue weighted by Crippen LogP contribution is 2.32. The zero-order chi connectivity index (χ0) is 17.8. The number of rotatable bonds is 5. The number of nitrogens with zero attached hydrogens (tertiary/aromatic N) is 1. The number of hydrogen-bond acceptors (Lipinski definition) is 6. The van der Waals surface area contributed by atoms with Gasteiger partial charge in [0.1, 0.15) is 19.0 Å². The lowest BCUT2D eigenvalue weighted by Gasteiger charge is -2.19. The van der Waals surface area contributed by atoms with Crippen molar-refractivity contribution in [3.63, 3.8) is 0 Å². The third-order valence-electron chi connectivity index (χ3n) is 3.54. The fourth-order valence-corrected chi connectivity index (χ4v) is 2.27. The standard InChI is InChI=1S/C17H16N2O6/c1-11(25-14-5-3-13(4-6-14)19(21)22)17(20)18-12-2-7-15-16(10-12)24-9-8-23-15/h2-7,10-11H,8-9H2,1H3,(H,18,20)/t11-/m1/s1. The Bertz CT molecular complexity index is 790. The lowest BCUT2D eigenvalue weighted by molar-refractivity contribution is -0.384. The first-order valence-corrected chi connectivity index (χ1v) is 7.64. The first-order valence-electron chi connectivity index (χ1n) is 7.64. The molecule has 0 saturated carbocycles. The minimum absolute atomic E-state index is 0.0410. The Balaban J connectivity index is 1.61. The van der Waals surface area contributed by atoms with Crippen LogP contribution < -0.4 is 19.5 Å². The van der Waals surface area contributed by atoms with Gasteiger partial charge in [-0.15, -0.1) is 0 Å². The number of hydrogen-bond donors (Lipinski definition) is 1. The molecule has 0 fully saturated rings. The van der Waals surface area contributed by atoms with E-state index in [4.69, 9.17) is 14.2 Å². The van der Waals surface area contributed by atoms with Crippen LogP contribution in [-0.4, -0.2) is 30.1 Å². The fourth-order valence-electron chi connectivity index (χ4n) is 2.27. The van der Waals surface area contributed by atoms with Gasteiger partial charge in [0.2, 0.25) is 0 Å². The molecule has 3 rings (SSSR count). The highest BCUT2D eigenvalue weighted by molar-refractivity contribution is 5.94. The number of nitro groups is 1. The smallest absolute Gasteiger partial charge is 0.269 e. The molecule has 2 aromatic rings. The topological polar surface area (TPSA) is 99.9 Å². The Morgan fingerprint density at radius 1 is 1.16 bits per heavy atom. The number of anilines is 1. The molecule has 8 nitrogen and oxygen atoms in total. The van der Waals surface area contributed by atoms with Crippen molar-refractivity contribution in [2.75, 3.05) is 18.5 Å². The Kier molecular flexibility index (Phi) is 4.69.